The summed E-state index contributed by atoms with van der Waals surface area (Å²) < 4.78 is 5.38. The minimum Gasteiger partial charge on any atom is -0.450 e. The summed E-state index contributed by atoms with van der Waals surface area (Å²) >= 11 is 0. The number of aryl methyl sites for hydroxylation is 1. The lowest BCUT2D eigenvalue weighted by Crippen LogP contribution is -2.25. The summed E-state index contributed by atoms with van der Waals surface area (Å²) in [7, 11) is 0. The predicted molar refractivity (Wildman–Crippen MR) is 105 cm³/mol. The summed E-state index contributed by atoms with van der Waals surface area (Å²) in [4.78, 5) is 28.1. The van der Waals surface area contributed by atoms with Crippen LogP contribution in [-0.4, -0.2) is 27.9 Å². The molecular weight excluding hydrogens is 342 g/mol. The first-order valence-corrected chi connectivity index (χ1v) is 9.16. The number of aliphatic hydroxyl groups excluding tert-OH is 1. The third kappa shape index (κ3) is 4.48. The number of carbonyl (C=O) groups is 2. The maximum Gasteiger partial charge on any atom is 0.355 e. The number of nitrogens with one attached hydrogen (secondary N) is 1. The average Bonchev–Trinajstić information content (AvgIpc) is 2.88. The van der Waals surface area contributed by atoms with E-state index in [4.69, 9.17) is 4.74 Å². The highest BCUT2D eigenvalue weighted by Crippen LogP contribution is 2.26. The molecule has 0 radical (unpaired) electrons. The SMILES string of the molecule is Cc1[nH]c(C(=O)O[C@H](C)C(=O)c2ccc(C(C)(C)C)cc2)c(C)c1[C@@H](C)O. The van der Waals surface area contributed by atoms with Crippen molar-refractivity contribution < 1.29 is 19.4 Å². The molecule has 146 valence electrons. The smallest absolute Gasteiger partial charge is 0.355 e. The van der Waals surface area contributed by atoms with Gasteiger partial charge in [-0.3, -0.25) is 4.79 Å². The van der Waals surface area contributed by atoms with Crippen LogP contribution in [0.1, 0.15) is 84.0 Å². The summed E-state index contributed by atoms with van der Waals surface area (Å²) in [6.07, 6.45) is -1.60. The van der Waals surface area contributed by atoms with Crippen LogP contribution in [0.3, 0.4) is 0 Å². The third-order valence-electron chi connectivity index (χ3n) is 4.81. The molecule has 1 aromatic heterocycles. The zero-order valence-corrected chi connectivity index (χ0v) is 17.1. The van der Waals surface area contributed by atoms with Gasteiger partial charge in [-0.25, -0.2) is 4.79 Å². The van der Waals surface area contributed by atoms with Crippen LogP contribution in [0.2, 0.25) is 0 Å². The Labute approximate surface area is 160 Å². The fourth-order valence-corrected chi connectivity index (χ4v) is 3.24. The van der Waals surface area contributed by atoms with Gasteiger partial charge in [0.15, 0.2) is 6.10 Å². The molecular formula is C22H29NO4. The molecule has 0 bridgehead atoms. The van der Waals surface area contributed by atoms with Crippen molar-refractivity contribution in [1.29, 1.82) is 0 Å². The van der Waals surface area contributed by atoms with Crippen molar-refractivity contribution in [2.75, 3.05) is 0 Å². The van der Waals surface area contributed by atoms with E-state index < -0.39 is 18.2 Å². The first-order valence-electron chi connectivity index (χ1n) is 9.16. The Bertz CT molecular complexity index is 838. The fraction of sp³-hybridized carbons (Fsp3) is 0.455. The van der Waals surface area contributed by atoms with Gasteiger partial charge < -0.3 is 14.8 Å². The molecule has 27 heavy (non-hydrogen) atoms. The number of benzene rings is 1. The van der Waals surface area contributed by atoms with E-state index in [-0.39, 0.29) is 16.9 Å². The average molecular weight is 371 g/mol. The molecule has 0 saturated heterocycles. The van der Waals surface area contributed by atoms with Gasteiger partial charge in [-0.05, 0) is 44.2 Å². The van der Waals surface area contributed by atoms with Gasteiger partial charge in [0.05, 0.1) is 6.10 Å². The van der Waals surface area contributed by atoms with Crippen molar-refractivity contribution in [3.63, 3.8) is 0 Å². The van der Waals surface area contributed by atoms with E-state index in [2.05, 4.69) is 25.8 Å². The molecule has 2 rings (SSSR count). The first kappa shape index (κ1) is 20.9. The Morgan fingerprint density at radius 3 is 2.07 bits per heavy atom. The van der Waals surface area contributed by atoms with Gasteiger partial charge in [-0.2, -0.15) is 0 Å². The van der Waals surface area contributed by atoms with Crippen LogP contribution in [0.15, 0.2) is 24.3 Å². The largest absolute Gasteiger partial charge is 0.450 e. The van der Waals surface area contributed by atoms with Crippen LogP contribution in [0.5, 0.6) is 0 Å². The maximum atomic E-state index is 12.6. The van der Waals surface area contributed by atoms with E-state index in [1.807, 2.05) is 12.1 Å². The highest BCUT2D eigenvalue weighted by atomic mass is 16.5. The van der Waals surface area contributed by atoms with Gasteiger partial charge >= 0.3 is 5.97 Å². The van der Waals surface area contributed by atoms with E-state index in [9.17, 15) is 14.7 Å². The standard InChI is InChI=1S/C22H29NO4/c1-12-18(14(3)24)13(2)23-19(12)21(26)27-15(4)20(25)16-8-10-17(11-9-16)22(5,6)7/h8-11,14-15,23-24H,1-7H3/t14-,15-/m1/s1. The molecule has 1 aromatic carbocycles. The number of aliphatic hydroxyl groups is 1. The summed E-state index contributed by atoms with van der Waals surface area (Å²) in [6, 6.07) is 7.38. The molecule has 5 heteroatoms. The molecule has 0 amide bonds. The van der Waals surface area contributed by atoms with Crippen molar-refractivity contribution in [2.45, 2.75) is 66.1 Å². The number of esters is 1. The summed E-state index contributed by atoms with van der Waals surface area (Å²) in [5.74, 6) is -0.852. The minimum atomic E-state index is -0.906. The summed E-state index contributed by atoms with van der Waals surface area (Å²) in [6.45, 7) is 13.1. The van der Waals surface area contributed by atoms with Crippen molar-refractivity contribution >= 4 is 11.8 Å². The van der Waals surface area contributed by atoms with Gasteiger partial charge in [-0.1, -0.05) is 45.0 Å². The number of aromatic nitrogens is 1. The second-order valence-corrected chi connectivity index (χ2v) is 8.08. The molecule has 0 saturated carbocycles. The van der Waals surface area contributed by atoms with E-state index in [1.165, 1.54) is 0 Å². The van der Waals surface area contributed by atoms with Crippen LogP contribution in [0, 0.1) is 13.8 Å². The number of hydrogen-bond acceptors (Lipinski definition) is 4. The highest BCUT2D eigenvalue weighted by molar-refractivity contribution is 6.01. The Morgan fingerprint density at radius 1 is 1.07 bits per heavy atom. The zero-order valence-electron chi connectivity index (χ0n) is 17.1. The summed E-state index contributed by atoms with van der Waals surface area (Å²) in [5, 5.41) is 9.85. The van der Waals surface area contributed by atoms with Crippen molar-refractivity contribution in [2.24, 2.45) is 0 Å². The Kier molecular flexibility index (Phi) is 5.95. The lowest BCUT2D eigenvalue weighted by molar-refractivity contribution is 0.0313. The first-order chi connectivity index (χ1) is 12.4. The number of carbonyl (C=O) groups excluding carboxylic acids is 2. The van der Waals surface area contributed by atoms with E-state index in [0.29, 0.717) is 22.4 Å². The second kappa shape index (κ2) is 7.69. The van der Waals surface area contributed by atoms with E-state index >= 15 is 0 Å². The van der Waals surface area contributed by atoms with Crippen LogP contribution >= 0.6 is 0 Å². The Hall–Kier alpha value is -2.40. The molecule has 0 unspecified atom stereocenters. The Morgan fingerprint density at radius 2 is 1.63 bits per heavy atom. The maximum absolute atomic E-state index is 12.6. The van der Waals surface area contributed by atoms with Crippen molar-refractivity contribution in [1.82, 2.24) is 4.98 Å². The quantitative estimate of drug-likeness (QED) is 0.603. The molecule has 0 fully saturated rings. The van der Waals surface area contributed by atoms with E-state index in [1.54, 1.807) is 39.8 Å². The second-order valence-electron chi connectivity index (χ2n) is 8.08. The predicted octanol–water partition coefficient (Wildman–Crippen LogP) is 4.41. The normalized spacial score (nSPS) is 13.9. The van der Waals surface area contributed by atoms with Gasteiger partial charge in [0.1, 0.15) is 5.69 Å². The Balaban J connectivity index is 2.15. The van der Waals surface area contributed by atoms with Gasteiger partial charge in [0.25, 0.3) is 0 Å². The fourth-order valence-electron chi connectivity index (χ4n) is 3.24. The molecule has 0 aliphatic heterocycles. The number of Topliss-reactive ketones (excluding diaryl/α,β-unsaturated/α-hetero) is 1. The van der Waals surface area contributed by atoms with Gasteiger partial charge in [0.2, 0.25) is 5.78 Å². The minimum absolute atomic E-state index is 0.00418. The molecule has 5 nitrogen and oxygen atoms in total. The molecule has 2 N–H and O–H groups in total. The van der Waals surface area contributed by atoms with Crippen LogP contribution in [0.25, 0.3) is 0 Å². The van der Waals surface area contributed by atoms with Crippen molar-refractivity contribution in [3.8, 4) is 0 Å². The molecule has 0 aliphatic rings. The number of rotatable bonds is 5. The lowest BCUT2D eigenvalue weighted by atomic mass is 9.86. The van der Waals surface area contributed by atoms with Gasteiger partial charge in [0, 0.05) is 16.8 Å². The molecule has 1 heterocycles. The molecule has 0 spiro atoms. The van der Waals surface area contributed by atoms with Crippen LogP contribution < -0.4 is 0 Å². The molecule has 2 aromatic rings. The van der Waals surface area contributed by atoms with E-state index in [0.717, 1.165) is 5.56 Å². The zero-order chi connectivity index (χ0) is 20.5. The summed E-state index contributed by atoms with van der Waals surface area (Å²) in [5.41, 5.74) is 3.95. The number of ketones is 1. The number of ether oxygens (including phenoxy) is 1. The number of aromatic amines is 1. The van der Waals surface area contributed by atoms with Crippen LogP contribution in [0.4, 0.5) is 0 Å². The number of hydrogen-bond donors (Lipinski definition) is 2. The molecule has 2 atom stereocenters. The highest BCUT2D eigenvalue weighted by Gasteiger charge is 2.25. The number of H-pyrrole nitrogens is 1. The third-order valence-corrected chi connectivity index (χ3v) is 4.81. The molecule has 0 aliphatic carbocycles. The van der Waals surface area contributed by atoms with Crippen LogP contribution in [-0.2, 0) is 10.2 Å². The monoisotopic (exact) mass is 371 g/mol. The van der Waals surface area contributed by atoms with Crippen molar-refractivity contribution in [3.05, 3.63) is 57.9 Å². The topological polar surface area (TPSA) is 79.4 Å². The van der Waals surface area contributed by atoms with Gasteiger partial charge in [-0.15, -0.1) is 0 Å². The lowest BCUT2D eigenvalue weighted by Gasteiger charge is -2.19.